The Morgan fingerprint density at radius 2 is 2.04 bits per heavy atom. The number of piperidine rings is 1. The highest BCUT2D eigenvalue weighted by atomic mass is 16.5. The summed E-state index contributed by atoms with van der Waals surface area (Å²) in [6, 6.07) is 9.72. The molecule has 1 aromatic rings. The van der Waals surface area contributed by atoms with E-state index < -0.39 is 0 Å². The number of carbonyl (C=O) groups excluding carboxylic acids is 1. The van der Waals surface area contributed by atoms with Crippen LogP contribution in [-0.4, -0.2) is 37.6 Å². The van der Waals surface area contributed by atoms with Crippen LogP contribution in [0.2, 0.25) is 0 Å². The third-order valence-electron chi connectivity index (χ3n) is 6.24. The summed E-state index contributed by atoms with van der Waals surface area (Å²) in [5.74, 6) is 0.285. The van der Waals surface area contributed by atoms with Gasteiger partial charge in [-0.05, 0) is 39.0 Å². The fourth-order valence-electron chi connectivity index (χ4n) is 4.73. The van der Waals surface area contributed by atoms with Crippen molar-refractivity contribution in [1.82, 2.24) is 0 Å². The Labute approximate surface area is 146 Å². The number of hydrogen-bond donors (Lipinski definition) is 1. The summed E-state index contributed by atoms with van der Waals surface area (Å²) in [5.41, 5.74) is 1.35. The summed E-state index contributed by atoms with van der Waals surface area (Å²) in [6.07, 6.45) is 6.76. The third-order valence-corrected chi connectivity index (χ3v) is 6.24. The number of Topliss-reactive ketones (excluding diaryl/α,β-unsaturated/α-hetero) is 1. The fourth-order valence-corrected chi connectivity index (χ4v) is 4.73. The number of ketones is 1. The van der Waals surface area contributed by atoms with Crippen LogP contribution in [0.4, 0.5) is 0 Å². The molecule has 2 heterocycles. The van der Waals surface area contributed by atoms with Gasteiger partial charge < -0.3 is 9.64 Å². The molecule has 24 heavy (non-hydrogen) atoms. The van der Waals surface area contributed by atoms with Crippen LogP contribution in [0.1, 0.15) is 62.7 Å². The van der Waals surface area contributed by atoms with Crippen molar-refractivity contribution >= 4 is 5.78 Å². The van der Waals surface area contributed by atoms with Gasteiger partial charge in [0, 0.05) is 17.6 Å². The van der Waals surface area contributed by atoms with E-state index in [0.717, 1.165) is 25.1 Å². The van der Waals surface area contributed by atoms with E-state index in [4.69, 9.17) is 4.74 Å². The summed E-state index contributed by atoms with van der Waals surface area (Å²) < 4.78 is 6.07. The number of quaternary nitrogens is 1. The van der Waals surface area contributed by atoms with Crippen LogP contribution in [-0.2, 0) is 4.74 Å². The molecule has 0 saturated carbocycles. The first-order chi connectivity index (χ1) is 11.5. The van der Waals surface area contributed by atoms with Gasteiger partial charge in [-0.25, -0.2) is 0 Å². The van der Waals surface area contributed by atoms with Gasteiger partial charge in [0.15, 0.2) is 5.78 Å². The van der Waals surface area contributed by atoms with Gasteiger partial charge in [-0.1, -0.05) is 37.3 Å². The maximum atomic E-state index is 12.4. The van der Waals surface area contributed by atoms with Crippen molar-refractivity contribution in [1.29, 1.82) is 0 Å². The van der Waals surface area contributed by atoms with Gasteiger partial charge in [0.2, 0.25) is 0 Å². The Bertz CT molecular complexity index is 554. The predicted octanol–water partition coefficient (Wildman–Crippen LogP) is 2.90. The summed E-state index contributed by atoms with van der Waals surface area (Å²) in [4.78, 5) is 14.0. The lowest BCUT2D eigenvalue weighted by Gasteiger charge is -2.49. The second-order valence-electron chi connectivity index (χ2n) is 8.15. The molecule has 3 heteroatoms. The van der Waals surface area contributed by atoms with Gasteiger partial charge in [0.1, 0.15) is 0 Å². The molecule has 1 spiro atoms. The molecular formula is C21H32NO2+. The minimum absolute atomic E-state index is 0.0561. The van der Waals surface area contributed by atoms with E-state index in [1.54, 1.807) is 4.90 Å². The molecule has 0 amide bonds. The SMILES string of the molecule is CC[C@@]1(C)C[C@]2(CCC[NH+](CCC(=O)c3ccccc3)C2)CCO1. The smallest absolute Gasteiger partial charge is 0.168 e. The van der Waals surface area contributed by atoms with Crippen LogP contribution in [0.3, 0.4) is 0 Å². The Morgan fingerprint density at radius 1 is 1.25 bits per heavy atom. The lowest BCUT2D eigenvalue weighted by Crippen LogP contribution is -3.14. The van der Waals surface area contributed by atoms with E-state index in [-0.39, 0.29) is 11.4 Å². The molecule has 2 aliphatic rings. The summed E-state index contributed by atoms with van der Waals surface area (Å²) in [6.45, 7) is 8.83. The zero-order chi connectivity index (χ0) is 17.0. The lowest BCUT2D eigenvalue weighted by atomic mass is 9.68. The summed E-state index contributed by atoms with van der Waals surface area (Å²) >= 11 is 0. The Hall–Kier alpha value is -1.19. The van der Waals surface area contributed by atoms with E-state index in [2.05, 4.69) is 13.8 Å². The van der Waals surface area contributed by atoms with Crippen LogP contribution in [0.25, 0.3) is 0 Å². The van der Waals surface area contributed by atoms with E-state index >= 15 is 0 Å². The van der Waals surface area contributed by atoms with Crippen LogP contribution < -0.4 is 4.90 Å². The summed E-state index contributed by atoms with van der Waals surface area (Å²) in [5, 5.41) is 0. The molecule has 0 aliphatic carbocycles. The van der Waals surface area contributed by atoms with E-state index in [1.165, 1.54) is 38.8 Å². The molecule has 1 aromatic carbocycles. The lowest BCUT2D eigenvalue weighted by molar-refractivity contribution is -0.912. The first-order valence-corrected chi connectivity index (χ1v) is 9.60. The Morgan fingerprint density at radius 3 is 2.79 bits per heavy atom. The first-order valence-electron chi connectivity index (χ1n) is 9.60. The van der Waals surface area contributed by atoms with Crippen LogP contribution in [0, 0.1) is 5.41 Å². The van der Waals surface area contributed by atoms with E-state index in [0.29, 0.717) is 11.8 Å². The molecule has 0 radical (unpaired) electrons. The number of hydrogen-bond acceptors (Lipinski definition) is 2. The number of nitrogens with one attached hydrogen (secondary N) is 1. The standard InChI is InChI=1S/C21H31NO2/c1-3-20(2)16-21(12-15-24-20)11-7-13-22(17-21)14-10-19(23)18-8-5-4-6-9-18/h4-6,8-9H,3,7,10-17H2,1-2H3/p+1/t20-,21-/m0/s1. The maximum absolute atomic E-state index is 12.4. The second kappa shape index (κ2) is 7.37. The van der Waals surface area contributed by atoms with Crippen molar-refractivity contribution in [3.8, 4) is 0 Å². The molecule has 3 nitrogen and oxygen atoms in total. The number of rotatable bonds is 5. The van der Waals surface area contributed by atoms with Gasteiger partial charge in [-0.2, -0.15) is 0 Å². The van der Waals surface area contributed by atoms with Crippen molar-refractivity contribution in [3.63, 3.8) is 0 Å². The first kappa shape index (κ1) is 17.6. The minimum atomic E-state index is 0.0561. The van der Waals surface area contributed by atoms with Gasteiger partial charge in [0.05, 0.1) is 31.7 Å². The van der Waals surface area contributed by atoms with Crippen molar-refractivity contribution in [2.45, 2.75) is 58.0 Å². The number of likely N-dealkylation sites (tertiary alicyclic amines) is 1. The predicted molar refractivity (Wildman–Crippen MR) is 96.5 cm³/mol. The maximum Gasteiger partial charge on any atom is 0.168 e. The van der Waals surface area contributed by atoms with Crippen molar-refractivity contribution < 1.29 is 14.4 Å². The minimum Gasteiger partial charge on any atom is -0.375 e. The van der Waals surface area contributed by atoms with Gasteiger partial charge in [0.25, 0.3) is 0 Å². The Kier molecular flexibility index (Phi) is 5.41. The second-order valence-corrected chi connectivity index (χ2v) is 8.15. The van der Waals surface area contributed by atoms with Gasteiger partial charge in [-0.15, -0.1) is 0 Å². The Balaban J connectivity index is 1.57. The molecule has 3 rings (SSSR count). The molecule has 1 unspecified atom stereocenters. The molecule has 2 aliphatic heterocycles. The fraction of sp³-hybridized carbons (Fsp3) is 0.667. The monoisotopic (exact) mass is 330 g/mol. The highest BCUT2D eigenvalue weighted by molar-refractivity contribution is 5.95. The molecule has 3 atom stereocenters. The molecular weight excluding hydrogens is 298 g/mol. The van der Waals surface area contributed by atoms with Crippen LogP contribution >= 0.6 is 0 Å². The van der Waals surface area contributed by atoms with Gasteiger partial charge >= 0.3 is 0 Å². The molecule has 132 valence electrons. The van der Waals surface area contributed by atoms with E-state index in [9.17, 15) is 4.79 Å². The molecule has 1 N–H and O–H groups in total. The van der Waals surface area contributed by atoms with E-state index in [1.807, 2.05) is 30.3 Å². The average Bonchev–Trinajstić information content (AvgIpc) is 2.60. The normalized spacial score (nSPS) is 33.5. The number of carbonyl (C=O) groups is 1. The zero-order valence-corrected chi connectivity index (χ0v) is 15.3. The van der Waals surface area contributed by atoms with Crippen molar-refractivity contribution in [3.05, 3.63) is 35.9 Å². The zero-order valence-electron chi connectivity index (χ0n) is 15.3. The highest BCUT2D eigenvalue weighted by Gasteiger charge is 2.46. The topological polar surface area (TPSA) is 30.7 Å². The quantitative estimate of drug-likeness (QED) is 0.842. The molecule has 0 aromatic heterocycles. The average molecular weight is 330 g/mol. The molecule has 2 saturated heterocycles. The summed E-state index contributed by atoms with van der Waals surface area (Å²) in [7, 11) is 0. The number of ether oxygens (including phenoxy) is 1. The molecule has 2 fully saturated rings. The molecule has 0 bridgehead atoms. The van der Waals surface area contributed by atoms with Gasteiger partial charge in [-0.3, -0.25) is 4.79 Å². The van der Waals surface area contributed by atoms with Crippen molar-refractivity contribution in [2.75, 3.05) is 26.2 Å². The largest absolute Gasteiger partial charge is 0.375 e. The third kappa shape index (κ3) is 4.07. The highest BCUT2D eigenvalue weighted by Crippen LogP contribution is 2.43. The van der Waals surface area contributed by atoms with Crippen LogP contribution in [0.5, 0.6) is 0 Å². The number of benzene rings is 1. The van der Waals surface area contributed by atoms with Crippen LogP contribution in [0.15, 0.2) is 30.3 Å². The van der Waals surface area contributed by atoms with Crippen molar-refractivity contribution in [2.24, 2.45) is 5.41 Å².